The Morgan fingerprint density at radius 3 is 2.92 bits per heavy atom. The van der Waals surface area contributed by atoms with E-state index in [0.717, 1.165) is 40.7 Å². The molecule has 3 heterocycles. The van der Waals surface area contributed by atoms with E-state index in [2.05, 4.69) is 60.4 Å². The molecule has 0 bridgehead atoms. The van der Waals surface area contributed by atoms with Crippen LogP contribution >= 0.6 is 15.9 Å². The van der Waals surface area contributed by atoms with Gasteiger partial charge in [0.1, 0.15) is 5.52 Å². The Labute approximate surface area is 161 Å². The molecule has 1 aliphatic rings. The molecular weight excluding hydrogens is 392 g/mol. The number of fused-ring (bicyclic) bond motifs is 2. The van der Waals surface area contributed by atoms with Crippen LogP contribution in [0.15, 0.2) is 53.3 Å². The van der Waals surface area contributed by atoms with Gasteiger partial charge in [0.15, 0.2) is 0 Å². The summed E-state index contributed by atoms with van der Waals surface area (Å²) in [5.74, 6) is 0. The molecule has 0 radical (unpaired) electrons. The lowest BCUT2D eigenvalue weighted by Crippen LogP contribution is -2.39. The average Bonchev–Trinajstić information content (AvgIpc) is 2.66. The Morgan fingerprint density at radius 1 is 1.19 bits per heavy atom. The molecule has 1 unspecified atom stereocenters. The second-order valence-corrected chi connectivity index (χ2v) is 7.58. The molecule has 1 aromatic carbocycles. The van der Waals surface area contributed by atoms with Gasteiger partial charge in [-0.1, -0.05) is 24.3 Å². The zero-order valence-corrected chi connectivity index (χ0v) is 16.0. The third-order valence-electron chi connectivity index (χ3n) is 4.75. The first-order chi connectivity index (χ1) is 12.7. The molecule has 1 atom stereocenters. The van der Waals surface area contributed by atoms with Gasteiger partial charge in [0.05, 0.1) is 17.3 Å². The normalized spacial score (nSPS) is 15.6. The van der Waals surface area contributed by atoms with Gasteiger partial charge in [0.25, 0.3) is 0 Å². The Hall–Kier alpha value is -2.02. The van der Waals surface area contributed by atoms with Crippen molar-refractivity contribution in [2.45, 2.75) is 19.1 Å². The fourth-order valence-electron chi connectivity index (χ4n) is 3.45. The van der Waals surface area contributed by atoms with Crippen LogP contribution < -0.4 is 5.32 Å². The molecular formula is C20H21BrN4O. The number of β-amino-alcohol motifs (C(OH)–C–C–N with tert-alkyl or cyclic N) is 1. The predicted octanol–water partition coefficient (Wildman–Crippen LogP) is 3.22. The van der Waals surface area contributed by atoms with Crippen LogP contribution in [-0.4, -0.2) is 45.7 Å². The van der Waals surface area contributed by atoms with Gasteiger partial charge in [-0.15, -0.1) is 0 Å². The topological polar surface area (TPSA) is 61.3 Å². The van der Waals surface area contributed by atoms with E-state index in [1.54, 1.807) is 12.4 Å². The number of aliphatic hydroxyl groups excluding tert-OH is 1. The second-order valence-electron chi connectivity index (χ2n) is 6.67. The molecule has 134 valence electrons. The van der Waals surface area contributed by atoms with Crippen LogP contribution in [0.5, 0.6) is 0 Å². The highest BCUT2D eigenvalue weighted by Crippen LogP contribution is 2.22. The van der Waals surface area contributed by atoms with E-state index in [0.29, 0.717) is 13.1 Å². The van der Waals surface area contributed by atoms with E-state index in [1.807, 2.05) is 12.1 Å². The van der Waals surface area contributed by atoms with Crippen LogP contribution in [0, 0.1) is 0 Å². The van der Waals surface area contributed by atoms with Gasteiger partial charge in [-0.25, -0.2) is 0 Å². The summed E-state index contributed by atoms with van der Waals surface area (Å²) in [5.41, 5.74) is 5.33. The van der Waals surface area contributed by atoms with Gasteiger partial charge in [0.2, 0.25) is 0 Å². The maximum atomic E-state index is 10.5. The van der Waals surface area contributed by atoms with Crippen molar-refractivity contribution in [2.75, 3.05) is 25.0 Å². The molecule has 0 amide bonds. The number of aliphatic hydroxyl groups is 1. The molecule has 3 aromatic rings. The number of hydrogen-bond acceptors (Lipinski definition) is 5. The maximum Gasteiger partial charge on any atom is 0.112 e. The van der Waals surface area contributed by atoms with Crippen molar-refractivity contribution in [2.24, 2.45) is 0 Å². The Bertz CT molecular complexity index is 917. The third kappa shape index (κ3) is 3.87. The zero-order chi connectivity index (χ0) is 17.9. The van der Waals surface area contributed by atoms with Crippen LogP contribution in [0.25, 0.3) is 11.0 Å². The summed E-state index contributed by atoms with van der Waals surface area (Å²) in [6.45, 7) is 3.03. The van der Waals surface area contributed by atoms with Gasteiger partial charge in [-0.05, 0) is 45.6 Å². The summed E-state index contributed by atoms with van der Waals surface area (Å²) in [7, 11) is 0. The van der Waals surface area contributed by atoms with Crippen LogP contribution in [0.1, 0.15) is 11.1 Å². The number of anilines is 1. The van der Waals surface area contributed by atoms with Crippen molar-refractivity contribution in [3.63, 3.8) is 0 Å². The SMILES string of the molecule is OC(CNc1ccnc2cc(Br)cnc12)CN1CCc2ccccc2C1. The first-order valence-corrected chi connectivity index (χ1v) is 9.60. The predicted molar refractivity (Wildman–Crippen MR) is 107 cm³/mol. The highest BCUT2D eigenvalue weighted by atomic mass is 79.9. The monoisotopic (exact) mass is 412 g/mol. The molecule has 5 nitrogen and oxygen atoms in total. The van der Waals surface area contributed by atoms with Crippen molar-refractivity contribution in [1.29, 1.82) is 0 Å². The molecule has 1 aliphatic heterocycles. The molecule has 0 saturated carbocycles. The minimum Gasteiger partial charge on any atom is -0.390 e. The lowest BCUT2D eigenvalue weighted by Gasteiger charge is -2.30. The quantitative estimate of drug-likeness (QED) is 0.673. The maximum absolute atomic E-state index is 10.5. The number of pyridine rings is 2. The van der Waals surface area contributed by atoms with Gasteiger partial charge >= 0.3 is 0 Å². The highest BCUT2D eigenvalue weighted by molar-refractivity contribution is 9.10. The summed E-state index contributed by atoms with van der Waals surface area (Å²) in [4.78, 5) is 11.1. The zero-order valence-electron chi connectivity index (χ0n) is 14.4. The van der Waals surface area contributed by atoms with Crippen molar-refractivity contribution in [1.82, 2.24) is 14.9 Å². The molecule has 0 spiro atoms. The van der Waals surface area contributed by atoms with E-state index in [4.69, 9.17) is 0 Å². The molecule has 2 aromatic heterocycles. The minimum atomic E-state index is -0.445. The second kappa shape index (κ2) is 7.70. The van der Waals surface area contributed by atoms with Crippen LogP contribution in [0.4, 0.5) is 5.69 Å². The highest BCUT2D eigenvalue weighted by Gasteiger charge is 2.18. The number of nitrogens with zero attached hydrogens (tertiary/aromatic N) is 3. The van der Waals surface area contributed by atoms with Gasteiger partial charge < -0.3 is 10.4 Å². The summed E-state index contributed by atoms with van der Waals surface area (Å²) in [5, 5.41) is 13.8. The number of rotatable bonds is 5. The van der Waals surface area contributed by atoms with E-state index in [1.165, 1.54) is 11.1 Å². The van der Waals surface area contributed by atoms with Gasteiger partial charge in [0, 0.05) is 43.0 Å². The number of nitrogens with one attached hydrogen (secondary N) is 1. The first kappa shape index (κ1) is 17.4. The summed E-state index contributed by atoms with van der Waals surface area (Å²) < 4.78 is 0.903. The van der Waals surface area contributed by atoms with Gasteiger partial charge in [-0.2, -0.15) is 0 Å². The molecule has 2 N–H and O–H groups in total. The van der Waals surface area contributed by atoms with Crippen molar-refractivity contribution >= 4 is 32.7 Å². The van der Waals surface area contributed by atoms with Gasteiger partial charge in [-0.3, -0.25) is 14.9 Å². The number of halogens is 1. The van der Waals surface area contributed by atoms with Crippen molar-refractivity contribution in [3.8, 4) is 0 Å². The Balaban J connectivity index is 1.37. The summed E-state index contributed by atoms with van der Waals surface area (Å²) >= 11 is 3.42. The fourth-order valence-corrected chi connectivity index (χ4v) is 3.77. The van der Waals surface area contributed by atoms with Crippen molar-refractivity contribution < 1.29 is 5.11 Å². The lowest BCUT2D eigenvalue weighted by molar-refractivity contribution is 0.114. The molecule has 0 fully saturated rings. The van der Waals surface area contributed by atoms with Crippen molar-refractivity contribution in [3.05, 3.63) is 64.4 Å². The molecule has 0 saturated heterocycles. The number of aromatic nitrogens is 2. The molecule has 6 heteroatoms. The fraction of sp³-hybridized carbons (Fsp3) is 0.300. The van der Waals surface area contributed by atoms with Crippen LogP contribution in [0.2, 0.25) is 0 Å². The number of hydrogen-bond donors (Lipinski definition) is 2. The minimum absolute atomic E-state index is 0.445. The Kier molecular flexibility index (Phi) is 5.15. The summed E-state index contributed by atoms with van der Waals surface area (Å²) in [6.07, 6.45) is 4.12. The van der Waals surface area contributed by atoms with E-state index >= 15 is 0 Å². The van der Waals surface area contributed by atoms with E-state index in [-0.39, 0.29) is 0 Å². The largest absolute Gasteiger partial charge is 0.390 e. The van der Waals surface area contributed by atoms with E-state index < -0.39 is 6.10 Å². The standard InChI is InChI=1S/C20H21BrN4O/c21-16-9-19-20(24-10-16)18(5-7-22-19)23-11-17(26)13-25-8-6-14-3-1-2-4-15(14)12-25/h1-5,7,9-10,17,26H,6,8,11-13H2,(H,22,23). The lowest BCUT2D eigenvalue weighted by atomic mass is 10.00. The smallest absolute Gasteiger partial charge is 0.112 e. The van der Waals surface area contributed by atoms with Crippen LogP contribution in [0.3, 0.4) is 0 Å². The number of benzene rings is 1. The molecule has 0 aliphatic carbocycles. The molecule has 26 heavy (non-hydrogen) atoms. The average molecular weight is 413 g/mol. The third-order valence-corrected chi connectivity index (χ3v) is 5.18. The first-order valence-electron chi connectivity index (χ1n) is 8.80. The van der Waals surface area contributed by atoms with Crippen LogP contribution in [-0.2, 0) is 13.0 Å². The Morgan fingerprint density at radius 2 is 2.04 bits per heavy atom. The summed E-state index contributed by atoms with van der Waals surface area (Å²) in [6, 6.07) is 12.4. The van der Waals surface area contributed by atoms with E-state index in [9.17, 15) is 5.11 Å². The molecule has 4 rings (SSSR count).